The number of sulfonamides is 1. The number of amides is 1. The molecule has 12 heteroatoms. The van der Waals surface area contributed by atoms with E-state index in [1.165, 1.54) is 25.4 Å². The summed E-state index contributed by atoms with van der Waals surface area (Å²) in [6, 6.07) is 6.23. The summed E-state index contributed by atoms with van der Waals surface area (Å²) in [4.78, 5) is 15.4. The maximum atomic E-state index is 12.8. The Morgan fingerprint density at radius 2 is 1.93 bits per heavy atom. The number of alkyl halides is 3. The fourth-order valence-electron chi connectivity index (χ4n) is 2.10. The number of aromatic nitrogens is 1. The molecule has 1 heterocycles. The highest BCUT2D eigenvalue weighted by molar-refractivity contribution is 7.89. The van der Waals surface area contributed by atoms with Crippen LogP contribution in [0.3, 0.4) is 0 Å². The Morgan fingerprint density at radius 1 is 1.17 bits per heavy atom. The standard InChI is InChI=1S/C17H18F3N3O5S/c1-27-8-9-28-16-14(6-3-7-21-16)23-15(24)11-22-29(25,26)13-5-2-4-12(10-13)17(18,19)20/h2-7,10,22H,8-9,11H2,1H3,(H,23,24). The van der Waals surface area contributed by atoms with Crippen LogP contribution in [0.1, 0.15) is 5.56 Å². The maximum Gasteiger partial charge on any atom is 0.416 e. The van der Waals surface area contributed by atoms with Crippen molar-refractivity contribution in [1.29, 1.82) is 0 Å². The molecule has 2 aromatic rings. The van der Waals surface area contributed by atoms with Gasteiger partial charge in [-0.2, -0.15) is 13.2 Å². The Hall–Kier alpha value is -2.70. The van der Waals surface area contributed by atoms with E-state index in [1.54, 1.807) is 0 Å². The predicted octanol–water partition coefficient (Wildman–Crippen LogP) is 2.04. The average molecular weight is 433 g/mol. The molecule has 1 amide bonds. The van der Waals surface area contributed by atoms with Crippen LogP contribution in [0.2, 0.25) is 0 Å². The van der Waals surface area contributed by atoms with Gasteiger partial charge in [0.1, 0.15) is 12.3 Å². The van der Waals surface area contributed by atoms with Crippen molar-refractivity contribution in [3.8, 4) is 5.88 Å². The van der Waals surface area contributed by atoms with Crippen molar-refractivity contribution in [2.75, 3.05) is 32.2 Å². The lowest BCUT2D eigenvalue weighted by atomic mass is 10.2. The third-order valence-electron chi connectivity index (χ3n) is 3.47. The molecule has 0 aliphatic heterocycles. The largest absolute Gasteiger partial charge is 0.474 e. The quantitative estimate of drug-likeness (QED) is 0.587. The molecule has 0 atom stereocenters. The monoisotopic (exact) mass is 433 g/mol. The van der Waals surface area contributed by atoms with Gasteiger partial charge in [0.15, 0.2) is 0 Å². The first-order valence-corrected chi connectivity index (χ1v) is 9.65. The molecule has 0 aliphatic rings. The number of rotatable bonds is 9. The first-order chi connectivity index (χ1) is 13.6. The molecule has 8 nitrogen and oxygen atoms in total. The number of halogens is 3. The summed E-state index contributed by atoms with van der Waals surface area (Å²) < 4.78 is 74.8. The number of ether oxygens (including phenoxy) is 2. The van der Waals surface area contributed by atoms with E-state index in [2.05, 4.69) is 10.3 Å². The number of nitrogens with zero attached hydrogens (tertiary/aromatic N) is 1. The summed E-state index contributed by atoms with van der Waals surface area (Å²) in [5.74, 6) is -0.649. The number of benzene rings is 1. The third kappa shape index (κ3) is 6.69. The number of hydrogen-bond acceptors (Lipinski definition) is 6. The lowest BCUT2D eigenvalue weighted by molar-refractivity contribution is -0.137. The molecule has 1 aromatic carbocycles. The summed E-state index contributed by atoms with van der Waals surface area (Å²) in [6.07, 6.45) is -3.25. The lowest BCUT2D eigenvalue weighted by Gasteiger charge is -2.12. The number of nitrogens with one attached hydrogen (secondary N) is 2. The molecule has 2 N–H and O–H groups in total. The molecule has 2 rings (SSSR count). The molecule has 0 bridgehead atoms. The van der Waals surface area contributed by atoms with Crippen LogP contribution in [0.4, 0.5) is 18.9 Å². The fourth-order valence-corrected chi connectivity index (χ4v) is 3.13. The van der Waals surface area contributed by atoms with E-state index in [0.29, 0.717) is 12.7 Å². The van der Waals surface area contributed by atoms with Gasteiger partial charge >= 0.3 is 6.18 Å². The SMILES string of the molecule is COCCOc1ncccc1NC(=O)CNS(=O)(=O)c1cccc(C(F)(F)F)c1. The van der Waals surface area contributed by atoms with Gasteiger partial charge in [-0.25, -0.2) is 18.1 Å². The Kier molecular flexibility index (Phi) is 7.53. The molecule has 0 unspecified atom stereocenters. The van der Waals surface area contributed by atoms with Crippen molar-refractivity contribution in [3.63, 3.8) is 0 Å². The second-order valence-electron chi connectivity index (χ2n) is 5.60. The van der Waals surface area contributed by atoms with Crippen LogP contribution in [0.5, 0.6) is 5.88 Å². The maximum absolute atomic E-state index is 12.8. The average Bonchev–Trinajstić information content (AvgIpc) is 2.67. The molecule has 0 fully saturated rings. The fraction of sp³-hybridized carbons (Fsp3) is 0.294. The molecule has 0 saturated carbocycles. The summed E-state index contributed by atoms with van der Waals surface area (Å²) in [7, 11) is -2.85. The Balaban J connectivity index is 2.02. The minimum Gasteiger partial charge on any atom is -0.474 e. The Morgan fingerprint density at radius 3 is 2.62 bits per heavy atom. The van der Waals surface area contributed by atoms with Crippen molar-refractivity contribution < 1.29 is 35.9 Å². The first kappa shape index (κ1) is 22.6. The molecule has 1 aromatic heterocycles. The zero-order valence-corrected chi connectivity index (χ0v) is 16.0. The molecule has 158 valence electrons. The topological polar surface area (TPSA) is 107 Å². The smallest absolute Gasteiger partial charge is 0.416 e. The predicted molar refractivity (Wildman–Crippen MR) is 96.9 cm³/mol. The number of methoxy groups -OCH3 is 1. The second-order valence-corrected chi connectivity index (χ2v) is 7.36. The lowest BCUT2D eigenvalue weighted by Crippen LogP contribution is -2.33. The first-order valence-electron chi connectivity index (χ1n) is 8.17. The van der Waals surface area contributed by atoms with Crippen LogP contribution < -0.4 is 14.8 Å². The molecule has 0 saturated heterocycles. The Labute approximate surface area is 165 Å². The number of pyridine rings is 1. The van der Waals surface area contributed by atoms with Gasteiger partial charge in [-0.05, 0) is 30.3 Å². The van der Waals surface area contributed by atoms with Gasteiger partial charge in [-0.15, -0.1) is 0 Å². The minimum atomic E-state index is -4.69. The van der Waals surface area contributed by atoms with E-state index in [0.717, 1.165) is 18.2 Å². The van der Waals surface area contributed by atoms with E-state index in [9.17, 15) is 26.4 Å². The van der Waals surface area contributed by atoms with Gasteiger partial charge in [0, 0.05) is 13.3 Å². The molecule has 0 spiro atoms. The van der Waals surface area contributed by atoms with Crippen LogP contribution >= 0.6 is 0 Å². The van der Waals surface area contributed by atoms with Crippen molar-refractivity contribution in [3.05, 3.63) is 48.2 Å². The van der Waals surface area contributed by atoms with Crippen LogP contribution in [0.25, 0.3) is 0 Å². The molecule has 0 radical (unpaired) electrons. The molecular formula is C17H18F3N3O5S. The Bertz CT molecular complexity index is 951. The van der Waals surface area contributed by atoms with Gasteiger partial charge in [0.05, 0.1) is 23.6 Å². The van der Waals surface area contributed by atoms with Gasteiger partial charge in [-0.3, -0.25) is 4.79 Å². The van der Waals surface area contributed by atoms with Gasteiger partial charge in [0.2, 0.25) is 21.8 Å². The zero-order valence-electron chi connectivity index (χ0n) is 15.2. The molecule has 29 heavy (non-hydrogen) atoms. The van der Waals surface area contributed by atoms with E-state index in [-0.39, 0.29) is 18.2 Å². The van der Waals surface area contributed by atoms with E-state index in [1.807, 2.05) is 4.72 Å². The summed E-state index contributed by atoms with van der Waals surface area (Å²) in [5, 5.41) is 2.42. The highest BCUT2D eigenvalue weighted by Gasteiger charge is 2.31. The van der Waals surface area contributed by atoms with E-state index in [4.69, 9.17) is 9.47 Å². The van der Waals surface area contributed by atoms with Crippen LogP contribution in [0, 0.1) is 0 Å². The number of carbonyl (C=O) groups excluding carboxylic acids is 1. The third-order valence-corrected chi connectivity index (χ3v) is 4.86. The van der Waals surface area contributed by atoms with E-state index >= 15 is 0 Å². The van der Waals surface area contributed by atoms with E-state index < -0.39 is 39.1 Å². The zero-order chi connectivity index (χ0) is 21.5. The summed E-state index contributed by atoms with van der Waals surface area (Å²) >= 11 is 0. The highest BCUT2D eigenvalue weighted by Crippen LogP contribution is 2.30. The number of hydrogen-bond donors (Lipinski definition) is 2. The molecular weight excluding hydrogens is 415 g/mol. The normalized spacial score (nSPS) is 11.9. The van der Waals surface area contributed by atoms with Crippen molar-refractivity contribution in [1.82, 2.24) is 9.71 Å². The number of carbonyl (C=O) groups is 1. The van der Waals surface area contributed by atoms with Gasteiger partial charge in [0.25, 0.3) is 0 Å². The van der Waals surface area contributed by atoms with Crippen molar-refractivity contribution >= 4 is 21.6 Å². The van der Waals surface area contributed by atoms with Crippen molar-refractivity contribution in [2.45, 2.75) is 11.1 Å². The van der Waals surface area contributed by atoms with Crippen LogP contribution in [0.15, 0.2) is 47.5 Å². The molecule has 0 aliphatic carbocycles. The van der Waals surface area contributed by atoms with Crippen LogP contribution in [-0.2, 0) is 25.7 Å². The van der Waals surface area contributed by atoms with Crippen molar-refractivity contribution in [2.24, 2.45) is 0 Å². The summed E-state index contributed by atoms with van der Waals surface area (Å²) in [6.45, 7) is -0.232. The van der Waals surface area contributed by atoms with Gasteiger partial charge < -0.3 is 14.8 Å². The summed E-state index contributed by atoms with van der Waals surface area (Å²) in [5.41, 5.74) is -0.912. The van der Waals surface area contributed by atoms with Crippen LogP contribution in [-0.4, -0.2) is 46.2 Å². The minimum absolute atomic E-state index is 0.110. The number of anilines is 1. The van der Waals surface area contributed by atoms with Gasteiger partial charge in [-0.1, -0.05) is 6.07 Å². The highest BCUT2D eigenvalue weighted by atomic mass is 32.2. The second kappa shape index (κ2) is 9.67.